The van der Waals surface area contributed by atoms with Gasteiger partial charge in [0, 0.05) is 41.9 Å². The van der Waals surface area contributed by atoms with Crippen LogP contribution < -0.4 is 15.4 Å². The second kappa shape index (κ2) is 19.2. The first kappa shape index (κ1) is 38.5. The molecule has 0 saturated heterocycles. The summed E-state index contributed by atoms with van der Waals surface area (Å²) in [6, 6.07) is 22.5. The number of ether oxygens (including phenoxy) is 1. The lowest BCUT2D eigenvalue weighted by Gasteiger charge is -2.25. The van der Waals surface area contributed by atoms with E-state index in [2.05, 4.69) is 10.6 Å². The van der Waals surface area contributed by atoms with E-state index in [1.54, 1.807) is 23.1 Å². The van der Waals surface area contributed by atoms with E-state index >= 15 is 0 Å². The van der Waals surface area contributed by atoms with E-state index < -0.39 is 29.7 Å². The first-order chi connectivity index (χ1) is 24.0. The molecule has 0 fully saturated rings. The summed E-state index contributed by atoms with van der Waals surface area (Å²) in [5, 5.41) is 18.0. The Morgan fingerprint density at radius 3 is 2.20 bits per heavy atom. The smallest absolute Gasteiger partial charge is 0.253 e. The topological polar surface area (TPSA) is 90.9 Å². The van der Waals surface area contributed by atoms with E-state index in [-0.39, 0.29) is 24.4 Å². The van der Waals surface area contributed by atoms with Crippen LogP contribution in [0, 0.1) is 18.6 Å². The quantitative estimate of drug-likeness (QED) is 0.0946. The monoisotopic (exact) mass is 705 g/mol. The van der Waals surface area contributed by atoms with Gasteiger partial charge in [-0.15, -0.1) is 0 Å². The minimum Gasteiger partial charge on any atom is -0.489 e. The number of carbonyl (C=O) groups is 2. The number of rotatable bonds is 18. The summed E-state index contributed by atoms with van der Waals surface area (Å²) in [5.74, 6) is -1.41. The lowest BCUT2D eigenvalue weighted by atomic mass is 9.99. The molecular formula is C40H46ClF2N3O4. The maximum absolute atomic E-state index is 14.1. The number of aliphatic hydroxyl groups is 1. The van der Waals surface area contributed by atoms with Gasteiger partial charge in [-0.25, -0.2) is 8.78 Å². The van der Waals surface area contributed by atoms with Crippen molar-refractivity contribution in [2.24, 2.45) is 0 Å². The van der Waals surface area contributed by atoms with Crippen molar-refractivity contribution in [3.05, 3.63) is 135 Å². The van der Waals surface area contributed by atoms with E-state index in [0.29, 0.717) is 48.8 Å². The van der Waals surface area contributed by atoms with Gasteiger partial charge >= 0.3 is 0 Å². The molecule has 4 aromatic rings. The Labute approximate surface area is 298 Å². The van der Waals surface area contributed by atoms with Gasteiger partial charge in [-0.2, -0.15) is 0 Å². The van der Waals surface area contributed by atoms with Crippen molar-refractivity contribution >= 4 is 23.4 Å². The molecule has 4 aromatic carbocycles. The van der Waals surface area contributed by atoms with Crippen molar-refractivity contribution in [2.45, 2.75) is 65.2 Å². The van der Waals surface area contributed by atoms with Gasteiger partial charge in [0.15, 0.2) is 0 Å². The third-order valence-corrected chi connectivity index (χ3v) is 8.42. The summed E-state index contributed by atoms with van der Waals surface area (Å²) >= 11 is 6.05. The Morgan fingerprint density at radius 1 is 0.860 bits per heavy atom. The molecule has 7 nitrogen and oxygen atoms in total. The Morgan fingerprint density at radius 2 is 1.54 bits per heavy atom. The molecule has 266 valence electrons. The van der Waals surface area contributed by atoms with Crippen molar-refractivity contribution in [3.63, 3.8) is 0 Å². The summed E-state index contributed by atoms with van der Waals surface area (Å²) < 4.78 is 34.0. The van der Waals surface area contributed by atoms with Crippen molar-refractivity contribution in [1.29, 1.82) is 0 Å². The minimum atomic E-state index is -1.09. The fourth-order valence-electron chi connectivity index (χ4n) is 5.76. The molecule has 10 heteroatoms. The highest BCUT2D eigenvalue weighted by Crippen LogP contribution is 2.18. The predicted molar refractivity (Wildman–Crippen MR) is 194 cm³/mol. The van der Waals surface area contributed by atoms with E-state index in [1.165, 1.54) is 12.1 Å². The Hall–Kier alpha value is -4.31. The molecule has 0 unspecified atom stereocenters. The number of hydrogen-bond donors (Lipinski definition) is 3. The number of nitrogens with zero attached hydrogens (tertiary/aromatic N) is 1. The average Bonchev–Trinajstić information content (AvgIpc) is 3.08. The van der Waals surface area contributed by atoms with E-state index in [4.69, 9.17) is 16.3 Å². The van der Waals surface area contributed by atoms with E-state index in [9.17, 15) is 23.5 Å². The van der Waals surface area contributed by atoms with Crippen molar-refractivity contribution in [1.82, 2.24) is 15.5 Å². The Kier molecular flexibility index (Phi) is 14.8. The third kappa shape index (κ3) is 11.9. The molecule has 0 spiro atoms. The number of carbonyl (C=O) groups excluding carboxylic acids is 2. The van der Waals surface area contributed by atoms with Gasteiger partial charge in [0.25, 0.3) is 11.8 Å². The summed E-state index contributed by atoms with van der Waals surface area (Å²) in [5.41, 5.74) is 3.73. The maximum Gasteiger partial charge on any atom is 0.253 e. The number of hydrogen-bond acceptors (Lipinski definition) is 5. The van der Waals surface area contributed by atoms with Crippen molar-refractivity contribution in [3.8, 4) is 5.75 Å². The first-order valence-corrected chi connectivity index (χ1v) is 17.4. The molecule has 0 bridgehead atoms. The molecule has 0 aromatic heterocycles. The van der Waals surface area contributed by atoms with Crippen LogP contribution in [0.3, 0.4) is 0 Å². The van der Waals surface area contributed by atoms with Gasteiger partial charge in [0.1, 0.15) is 24.0 Å². The zero-order chi connectivity index (χ0) is 36.0. The molecule has 0 saturated carbocycles. The normalized spacial score (nSPS) is 12.3. The minimum absolute atomic E-state index is 0.0156. The lowest BCUT2D eigenvalue weighted by Crippen LogP contribution is -2.49. The number of benzene rings is 4. The Balaban J connectivity index is 1.39. The largest absolute Gasteiger partial charge is 0.489 e. The molecule has 2 atom stereocenters. The van der Waals surface area contributed by atoms with E-state index in [0.717, 1.165) is 41.3 Å². The fourth-order valence-corrected chi connectivity index (χ4v) is 5.98. The fraction of sp³-hybridized carbons (Fsp3) is 0.350. The van der Waals surface area contributed by atoms with Crippen LogP contribution in [0.1, 0.15) is 69.7 Å². The van der Waals surface area contributed by atoms with Gasteiger partial charge in [0.2, 0.25) is 0 Å². The van der Waals surface area contributed by atoms with Gasteiger partial charge < -0.3 is 25.4 Å². The highest BCUT2D eigenvalue weighted by atomic mass is 35.5. The second-order valence-corrected chi connectivity index (χ2v) is 13.0. The van der Waals surface area contributed by atoms with Crippen LogP contribution in [0.5, 0.6) is 5.75 Å². The number of aryl methyl sites for hydroxylation is 1. The van der Waals surface area contributed by atoms with Gasteiger partial charge in [-0.05, 0) is 116 Å². The van der Waals surface area contributed by atoms with Gasteiger partial charge in [-0.1, -0.05) is 49.7 Å². The summed E-state index contributed by atoms with van der Waals surface area (Å²) in [6.45, 7) is 8.09. The number of aliphatic hydroxyl groups excluding tert-OH is 1. The van der Waals surface area contributed by atoms with Gasteiger partial charge in [0.05, 0.1) is 12.1 Å². The molecule has 0 heterocycles. The lowest BCUT2D eigenvalue weighted by molar-refractivity contribution is 0.0755. The predicted octanol–water partition coefficient (Wildman–Crippen LogP) is 7.30. The Bertz CT molecular complexity index is 1690. The highest BCUT2D eigenvalue weighted by molar-refractivity contribution is 6.30. The summed E-state index contributed by atoms with van der Waals surface area (Å²) in [7, 11) is 0. The molecule has 0 aliphatic heterocycles. The zero-order valence-corrected chi connectivity index (χ0v) is 29.6. The molecule has 0 radical (unpaired) electrons. The van der Waals surface area contributed by atoms with Crippen LogP contribution >= 0.6 is 11.6 Å². The molecule has 4 rings (SSSR count). The number of amides is 2. The van der Waals surface area contributed by atoms with Crippen molar-refractivity contribution in [2.75, 3.05) is 26.2 Å². The SMILES string of the molecule is CCCN(CCC)C(=O)c1cc(C)cc(C(=O)N[C@@H](Cc2cc(F)cc(F)c2)[C@H](O)CNCCc2ccc(OCc3cccc(Cl)c3)cc2)c1. The molecule has 3 N–H and O–H groups in total. The first-order valence-electron chi connectivity index (χ1n) is 17.1. The van der Waals surface area contributed by atoms with Crippen LogP contribution in [-0.4, -0.2) is 60.1 Å². The molecule has 2 amide bonds. The summed E-state index contributed by atoms with van der Waals surface area (Å²) in [4.78, 5) is 28.7. The maximum atomic E-state index is 14.1. The van der Waals surface area contributed by atoms with Crippen LogP contribution in [-0.2, 0) is 19.4 Å². The molecule has 0 aliphatic rings. The van der Waals surface area contributed by atoms with Gasteiger partial charge in [-0.3, -0.25) is 9.59 Å². The second-order valence-electron chi connectivity index (χ2n) is 12.5. The van der Waals surface area contributed by atoms with Crippen LogP contribution in [0.4, 0.5) is 8.78 Å². The van der Waals surface area contributed by atoms with Crippen molar-refractivity contribution < 1.29 is 28.2 Å². The van der Waals surface area contributed by atoms with Crippen LogP contribution in [0.15, 0.2) is 84.9 Å². The number of halogens is 3. The molecular weight excluding hydrogens is 660 g/mol. The zero-order valence-electron chi connectivity index (χ0n) is 28.9. The average molecular weight is 706 g/mol. The van der Waals surface area contributed by atoms with E-state index in [1.807, 2.05) is 69.3 Å². The molecule has 0 aliphatic carbocycles. The van der Waals surface area contributed by atoms with Crippen LogP contribution in [0.25, 0.3) is 0 Å². The number of nitrogens with one attached hydrogen (secondary N) is 2. The van der Waals surface area contributed by atoms with Crippen LogP contribution in [0.2, 0.25) is 5.02 Å². The standard InChI is InChI=1S/C40H46ClF2N3O4/c1-4-15-46(16-5-2)40(49)32-18-27(3)17-31(23-32)39(48)45-37(22-30-20-34(42)24-35(43)21-30)38(47)25-44-14-13-28-9-11-36(12-10-28)50-26-29-7-6-8-33(41)19-29/h6-12,17-21,23-24,37-38,44,47H,4-5,13-16,22,25-26H2,1-3H3,(H,45,48)/t37-,38+/m0/s1. The summed E-state index contributed by atoms with van der Waals surface area (Å²) in [6.07, 6.45) is 1.18. The highest BCUT2D eigenvalue weighted by Gasteiger charge is 2.24. The third-order valence-electron chi connectivity index (χ3n) is 8.18. The molecule has 50 heavy (non-hydrogen) atoms.